The highest BCUT2D eigenvalue weighted by molar-refractivity contribution is 5.89. The van der Waals surface area contributed by atoms with Crippen LogP contribution in [0.1, 0.15) is 50.7 Å². The van der Waals surface area contributed by atoms with Gasteiger partial charge in [0.2, 0.25) is 0 Å². The summed E-state index contributed by atoms with van der Waals surface area (Å²) < 4.78 is 9.83. The summed E-state index contributed by atoms with van der Waals surface area (Å²) in [5, 5.41) is 7.23. The summed E-state index contributed by atoms with van der Waals surface area (Å²) >= 11 is 0. The number of hydrogen-bond donors (Lipinski definition) is 3. The summed E-state index contributed by atoms with van der Waals surface area (Å²) in [5.41, 5.74) is 3.40. The number of hydrogen-bond acceptors (Lipinski definition) is 6. The number of pyridine rings is 1. The molecule has 1 fully saturated rings. The van der Waals surface area contributed by atoms with Crippen LogP contribution in [0, 0.1) is 0 Å². The predicted octanol–water partition coefficient (Wildman–Crippen LogP) is 4.74. The lowest BCUT2D eigenvalue weighted by molar-refractivity contribution is -0.138. The monoisotopic (exact) mass is 452 g/mol. The van der Waals surface area contributed by atoms with Gasteiger partial charge in [-0.25, -0.2) is 9.78 Å². The van der Waals surface area contributed by atoms with Gasteiger partial charge < -0.3 is 19.8 Å². The van der Waals surface area contributed by atoms with E-state index in [9.17, 15) is 9.59 Å². The van der Waals surface area contributed by atoms with Gasteiger partial charge in [-0.1, -0.05) is 30.3 Å². The Morgan fingerprint density at radius 1 is 1.21 bits per heavy atom. The third kappa shape index (κ3) is 7.61. The number of benzene rings is 1. The Morgan fingerprint density at radius 3 is 2.58 bits per heavy atom. The number of nitrogens with one attached hydrogen (secondary N) is 3. The van der Waals surface area contributed by atoms with Crippen molar-refractivity contribution in [3.8, 4) is 0 Å². The SMILES string of the molecule is CC(C)(C)OC=O.O=C(Nc1cnc2[nH]cc(C3CCNCC3)c2c1)OCc1ccccc1. The van der Waals surface area contributed by atoms with Crippen LogP contribution in [0.25, 0.3) is 11.0 Å². The van der Waals surface area contributed by atoms with Crippen LogP contribution in [0.3, 0.4) is 0 Å². The van der Waals surface area contributed by atoms with Crippen LogP contribution in [0.15, 0.2) is 48.8 Å². The zero-order valence-corrected chi connectivity index (χ0v) is 19.4. The Hall–Kier alpha value is -3.39. The fourth-order valence-electron chi connectivity index (χ4n) is 3.58. The normalized spacial score (nSPS) is 14.2. The van der Waals surface area contributed by atoms with Gasteiger partial charge in [0, 0.05) is 11.6 Å². The maximum absolute atomic E-state index is 12.1. The highest BCUT2D eigenvalue weighted by atomic mass is 16.5. The maximum Gasteiger partial charge on any atom is 0.412 e. The molecule has 0 saturated carbocycles. The van der Waals surface area contributed by atoms with E-state index in [4.69, 9.17) is 4.74 Å². The van der Waals surface area contributed by atoms with Crippen molar-refractivity contribution < 1.29 is 19.1 Å². The molecule has 4 rings (SSSR count). The lowest BCUT2D eigenvalue weighted by atomic mass is 9.90. The van der Waals surface area contributed by atoms with Crippen LogP contribution < -0.4 is 10.6 Å². The summed E-state index contributed by atoms with van der Waals surface area (Å²) in [6.07, 6.45) is 5.45. The van der Waals surface area contributed by atoms with Crippen LogP contribution in [-0.4, -0.2) is 41.2 Å². The molecule has 3 N–H and O–H groups in total. The van der Waals surface area contributed by atoms with Gasteiger partial charge in [0.25, 0.3) is 6.47 Å². The van der Waals surface area contributed by atoms with Crippen molar-refractivity contribution in [2.24, 2.45) is 0 Å². The van der Waals surface area contributed by atoms with Crippen LogP contribution >= 0.6 is 0 Å². The van der Waals surface area contributed by atoms with E-state index >= 15 is 0 Å². The van der Waals surface area contributed by atoms with Crippen LogP contribution in [-0.2, 0) is 20.9 Å². The number of carbonyl (C=O) groups is 2. The molecule has 1 amide bonds. The molecule has 0 radical (unpaired) electrons. The van der Waals surface area contributed by atoms with Crippen LogP contribution in [0.5, 0.6) is 0 Å². The molecule has 1 aliphatic heterocycles. The Morgan fingerprint density at radius 2 is 1.94 bits per heavy atom. The number of aromatic amines is 1. The molecule has 1 aromatic carbocycles. The third-order valence-corrected chi connectivity index (χ3v) is 5.20. The topological polar surface area (TPSA) is 105 Å². The molecule has 0 spiro atoms. The quantitative estimate of drug-likeness (QED) is 0.483. The molecule has 33 heavy (non-hydrogen) atoms. The number of ether oxygens (including phenoxy) is 2. The van der Waals surface area contributed by atoms with Gasteiger partial charge in [-0.2, -0.15) is 0 Å². The number of nitrogens with zero attached hydrogens (tertiary/aromatic N) is 1. The second-order valence-corrected chi connectivity index (χ2v) is 8.90. The highest BCUT2D eigenvalue weighted by Gasteiger charge is 2.19. The summed E-state index contributed by atoms with van der Waals surface area (Å²) in [4.78, 5) is 29.3. The van der Waals surface area contributed by atoms with Gasteiger partial charge in [-0.05, 0) is 69.8 Å². The van der Waals surface area contributed by atoms with Crippen molar-refractivity contribution in [3.63, 3.8) is 0 Å². The van der Waals surface area contributed by atoms with E-state index in [1.54, 1.807) is 6.20 Å². The maximum atomic E-state index is 12.1. The van der Waals surface area contributed by atoms with E-state index in [-0.39, 0.29) is 12.2 Å². The molecule has 0 aliphatic carbocycles. The second-order valence-electron chi connectivity index (χ2n) is 8.90. The molecule has 8 nitrogen and oxygen atoms in total. The third-order valence-electron chi connectivity index (χ3n) is 5.20. The van der Waals surface area contributed by atoms with Crippen molar-refractivity contribution in [2.45, 2.75) is 51.7 Å². The average Bonchev–Trinajstić information content (AvgIpc) is 3.22. The minimum absolute atomic E-state index is 0.243. The Labute approximate surface area is 194 Å². The zero-order valence-electron chi connectivity index (χ0n) is 19.4. The summed E-state index contributed by atoms with van der Waals surface area (Å²) in [7, 11) is 0. The minimum Gasteiger partial charge on any atom is -0.462 e. The number of rotatable bonds is 5. The highest BCUT2D eigenvalue weighted by Crippen LogP contribution is 2.31. The lowest BCUT2D eigenvalue weighted by Gasteiger charge is -2.22. The fourth-order valence-corrected chi connectivity index (χ4v) is 3.58. The summed E-state index contributed by atoms with van der Waals surface area (Å²) in [6, 6.07) is 11.6. The first-order valence-electron chi connectivity index (χ1n) is 11.1. The molecule has 3 heterocycles. The molecule has 2 aromatic heterocycles. The standard InChI is InChI=1S/C20H22N4O2.C5H10O2/c25-20(26-13-14-4-2-1-3-5-14)24-16-10-17-18(12-23-19(17)22-11-16)15-6-8-21-9-7-15;1-5(2,3)7-4-6/h1-5,10-12,15,21H,6-9,13H2,(H,22,23)(H,24,25);4H,1-3H3. The van der Waals surface area contributed by atoms with Gasteiger partial charge in [0.1, 0.15) is 17.9 Å². The van der Waals surface area contributed by atoms with Gasteiger partial charge in [-0.3, -0.25) is 10.1 Å². The number of anilines is 1. The minimum atomic E-state index is -0.478. The Kier molecular flexibility index (Phi) is 8.43. The van der Waals surface area contributed by atoms with Crippen molar-refractivity contribution in [2.75, 3.05) is 18.4 Å². The van der Waals surface area contributed by atoms with Crippen molar-refractivity contribution in [1.29, 1.82) is 0 Å². The summed E-state index contributed by atoms with van der Waals surface area (Å²) in [6.45, 7) is 8.24. The number of aromatic nitrogens is 2. The first-order chi connectivity index (χ1) is 15.9. The van der Waals surface area contributed by atoms with Crippen molar-refractivity contribution in [1.82, 2.24) is 15.3 Å². The molecule has 0 atom stereocenters. The molecule has 1 saturated heterocycles. The molecule has 3 aromatic rings. The fraction of sp³-hybridized carbons (Fsp3) is 0.400. The Bertz CT molecular complexity index is 1040. The first-order valence-corrected chi connectivity index (χ1v) is 11.1. The van der Waals surface area contributed by atoms with Gasteiger partial charge in [0.05, 0.1) is 11.9 Å². The molecule has 176 valence electrons. The average molecular weight is 453 g/mol. The van der Waals surface area contributed by atoms with Gasteiger partial charge >= 0.3 is 6.09 Å². The van der Waals surface area contributed by atoms with E-state index in [2.05, 4.69) is 25.3 Å². The first kappa shape index (κ1) is 24.3. The lowest BCUT2D eigenvalue weighted by Crippen LogP contribution is -2.26. The molecule has 1 aliphatic rings. The van der Waals surface area contributed by atoms with E-state index in [0.717, 1.165) is 42.5 Å². The molecule has 0 unspecified atom stereocenters. The number of piperidine rings is 1. The Balaban J connectivity index is 0.000000383. The molecule has 0 bridgehead atoms. The number of fused-ring (bicyclic) bond motifs is 1. The number of carbonyl (C=O) groups excluding carboxylic acids is 2. The van der Waals surface area contributed by atoms with E-state index < -0.39 is 6.09 Å². The van der Waals surface area contributed by atoms with Crippen molar-refractivity contribution >= 4 is 29.3 Å². The predicted molar refractivity (Wildman–Crippen MR) is 128 cm³/mol. The largest absolute Gasteiger partial charge is 0.462 e. The number of H-pyrrole nitrogens is 1. The second kappa shape index (κ2) is 11.5. The van der Waals surface area contributed by atoms with Gasteiger partial charge in [-0.15, -0.1) is 0 Å². The van der Waals surface area contributed by atoms with Crippen LogP contribution in [0.2, 0.25) is 0 Å². The van der Waals surface area contributed by atoms with Crippen LogP contribution in [0.4, 0.5) is 10.5 Å². The van der Waals surface area contributed by atoms with E-state index in [1.165, 1.54) is 5.56 Å². The van der Waals surface area contributed by atoms with E-state index in [1.807, 2.05) is 63.4 Å². The molecule has 8 heteroatoms. The van der Waals surface area contributed by atoms with Crippen molar-refractivity contribution in [3.05, 3.63) is 59.9 Å². The summed E-state index contributed by atoms with van der Waals surface area (Å²) in [5.74, 6) is 0.520. The smallest absolute Gasteiger partial charge is 0.412 e. The molecular weight excluding hydrogens is 420 g/mol. The van der Waals surface area contributed by atoms with E-state index in [0.29, 0.717) is 18.1 Å². The van der Waals surface area contributed by atoms with Gasteiger partial charge in [0.15, 0.2) is 0 Å². The molecular formula is C25H32N4O4. The zero-order chi connectivity index (χ0) is 23.7. The number of amides is 1.